The van der Waals surface area contributed by atoms with Gasteiger partial charge in [-0.25, -0.2) is 0 Å². The summed E-state index contributed by atoms with van der Waals surface area (Å²) in [5, 5.41) is 13.7. The van der Waals surface area contributed by atoms with E-state index >= 15 is 0 Å². The fraction of sp³-hybridized carbons (Fsp3) is 0.267. The van der Waals surface area contributed by atoms with Crippen LogP contribution in [0.15, 0.2) is 36.4 Å². The Morgan fingerprint density at radius 1 is 1.16 bits per heavy atom. The highest BCUT2D eigenvalue weighted by Crippen LogP contribution is 2.14. The summed E-state index contributed by atoms with van der Waals surface area (Å²) < 4.78 is 0. The lowest BCUT2D eigenvalue weighted by molar-refractivity contribution is 0.459. The van der Waals surface area contributed by atoms with Gasteiger partial charge in [-0.1, -0.05) is 23.7 Å². The molecule has 0 saturated heterocycles. The molecule has 0 aliphatic rings. The molecule has 2 rings (SSSR count). The molecule has 3 nitrogen and oxygen atoms in total. The van der Waals surface area contributed by atoms with Gasteiger partial charge >= 0.3 is 0 Å². The zero-order valence-electron chi connectivity index (χ0n) is 10.9. The summed E-state index contributed by atoms with van der Waals surface area (Å²) >= 11 is 5.83. The number of benzene rings is 1. The molecule has 0 amide bonds. The van der Waals surface area contributed by atoms with Crippen molar-refractivity contribution in [3.8, 4) is 5.75 Å². The van der Waals surface area contributed by atoms with E-state index < -0.39 is 0 Å². The van der Waals surface area contributed by atoms with Crippen LogP contribution in [0.25, 0.3) is 0 Å². The highest BCUT2D eigenvalue weighted by atomic mass is 35.5. The van der Waals surface area contributed by atoms with E-state index in [1.54, 1.807) is 12.1 Å². The highest BCUT2D eigenvalue weighted by Gasteiger charge is 2.02. The van der Waals surface area contributed by atoms with Crippen molar-refractivity contribution in [1.82, 2.24) is 10.3 Å². The van der Waals surface area contributed by atoms with E-state index in [1.165, 1.54) is 5.56 Å². The fourth-order valence-corrected chi connectivity index (χ4v) is 1.95. The Morgan fingerprint density at radius 2 is 1.89 bits per heavy atom. The monoisotopic (exact) mass is 276 g/mol. The van der Waals surface area contributed by atoms with Crippen molar-refractivity contribution < 1.29 is 5.11 Å². The molecule has 4 heteroatoms. The zero-order chi connectivity index (χ0) is 13.7. The summed E-state index contributed by atoms with van der Waals surface area (Å²) in [6, 6.07) is 11.3. The number of halogens is 1. The summed E-state index contributed by atoms with van der Waals surface area (Å²) in [6.45, 7) is 3.31. The van der Waals surface area contributed by atoms with E-state index in [-0.39, 0.29) is 5.75 Å². The maximum absolute atomic E-state index is 9.66. The molecule has 0 spiro atoms. The van der Waals surface area contributed by atoms with Crippen LogP contribution >= 0.6 is 11.6 Å². The first-order valence-electron chi connectivity index (χ1n) is 6.26. The third-order valence-electron chi connectivity index (χ3n) is 2.89. The van der Waals surface area contributed by atoms with E-state index in [2.05, 4.69) is 10.3 Å². The van der Waals surface area contributed by atoms with Gasteiger partial charge in [0.2, 0.25) is 0 Å². The molecule has 0 radical (unpaired) electrons. The van der Waals surface area contributed by atoms with Crippen LogP contribution in [0.3, 0.4) is 0 Å². The molecule has 0 aliphatic heterocycles. The number of aryl methyl sites for hydroxylation is 1. The minimum Gasteiger partial charge on any atom is -0.506 e. The van der Waals surface area contributed by atoms with Crippen molar-refractivity contribution in [3.05, 3.63) is 58.4 Å². The predicted octanol–water partition coefficient (Wildman–Crippen LogP) is 3.08. The van der Waals surface area contributed by atoms with E-state index in [9.17, 15) is 5.11 Å². The largest absolute Gasteiger partial charge is 0.506 e. The van der Waals surface area contributed by atoms with Crippen LogP contribution in [0.2, 0.25) is 5.02 Å². The SMILES string of the molecule is Cc1ccc(O)c(CNCCc2ccc(Cl)cc2)n1. The number of nitrogens with zero attached hydrogens (tertiary/aromatic N) is 1. The average molecular weight is 277 g/mol. The Hall–Kier alpha value is -1.58. The van der Waals surface area contributed by atoms with Crippen LogP contribution in [0.5, 0.6) is 5.75 Å². The quantitative estimate of drug-likeness (QED) is 0.825. The minimum atomic E-state index is 0.240. The second-order valence-electron chi connectivity index (χ2n) is 4.47. The van der Waals surface area contributed by atoms with Gasteiger partial charge in [-0.05, 0) is 49.7 Å². The van der Waals surface area contributed by atoms with Gasteiger partial charge in [-0.15, -0.1) is 0 Å². The van der Waals surface area contributed by atoms with Crippen molar-refractivity contribution >= 4 is 11.6 Å². The van der Waals surface area contributed by atoms with Crippen LogP contribution in [-0.4, -0.2) is 16.6 Å². The molecule has 0 atom stereocenters. The maximum Gasteiger partial charge on any atom is 0.138 e. The van der Waals surface area contributed by atoms with Gasteiger partial charge in [0, 0.05) is 17.3 Å². The third kappa shape index (κ3) is 4.23. The smallest absolute Gasteiger partial charge is 0.138 e. The molecule has 100 valence electrons. The van der Waals surface area contributed by atoms with Crippen LogP contribution < -0.4 is 5.32 Å². The Bertz CT molecular complexity index is 540. The molecule has 1 heterocycles. The van der Waals surface area contributed by atoms with Crippen LogP contribution in [-0.2, 0) is 13.0 Å². The molecule has 0 aliphatic carbocycles. The van der Waals surface area contributed by atoms with Crippen molar-refractivity contribution in [2.75, 3.05) is 6.54 Å². The number of nitrogens with one attached hydrogen (secondary N) is 1. The number of aromatic nitrogens is 1. The minimum absolute atomic E-state index is 0.240. The van der Waals surface area contributed by atoms with Crippen molar-refractivity contribution in [1.29, 1.82) is 0 Å². The van der Waals surface area contributed by atoms with Gasteiger partial charge in [0.15, 0.2) is 0 Å². The van der Waals surface area contributed by atoms with E-state index in [1.807, 2.05) is 31.2 Å². The highest BCUT2D eigenvalue weighted by molar-refractivity contribution is 6.30. The second-order valence-corrected chi connectivity index (χ2v) is 4.91. The third-order valence-corrected chi connectivity index (χ3v) is 3.14. The van der Waals surface area contributed by atoms with Gasteiger partial charge in [-0.3, -0.25) is 4.98 Å². The molecular formula is C15H17ClN2O. The van der Waals surface area contributed by atoms with Gasteiger partial charge in [0.05, 0.1) is 5.69 Å². The summed E-state index contributed by atoms with van der Waals surface area (Å²) in [6.07, 6.45) is 0.920. The Morgan fingerprint density at radius 3 is 2.63 bits per heavy atom. The number of pyridine rings is 1. The molecule has 2 N–H and O–H groups in total. The normalized spacial score (nSPS) is 10.6. The van der Waals surface area contributed by atoms with Crippen molar-refractivity contribution in [2.24, 2.45) is 0 Å². The first-order valence-corrected chi connectivity index (χ1v) is 6.63. The summed E-state index contributed by atoms with van der Waals surface area (Å²) in [5.74, 6) is 0.240. The Labute approximate surface area is 118 Å². The predicted molar refractivity (Wildman–Crippen MR) is 77.5 cm³/mol. The molecule has 2 aromatic rings. The van der Waals surface area contributed by atoms with Crippen LogP contribution in [0.4, 0.5) is 0 Å². The van der Waals surface area contributed by atoms with Crippen molar-refractivity contribution in [2.45, 2.75) is 19.9 Å². The van der Waals surface area contributed by atoms with Gasteiger partial charge in [0.1, 0.15) is 5.75 Å². The molecule has 0 fully saturated rings. The topological polar surface area (TPSA) is 45.1 Å². The standard InChI is InChI=1S/C15H17ClN2O/c1-11-2-7-15(19)14(18-11)10-17-9-8-12-3-5-13(16)6-4-12/h2-7,17,19H,8-10H2,1H3. The Kier molecular flexibility index (Phi) is 4.77. The average Bonchev–Trinajstić information content (AvgIpc) is 2.40. The molecular weight excluding hydrogens is 260 g/mol. The molecule has 19 heavy (non-hydrogen) atoms. The van der Waals surface area contributed by atoms with Crippen LogP contribution in [0, 0.1) is 6.92 Å². The molecule has 0 unspecified atom stereocenters. The second kappa shape index (κ2) is 6.55. The van der Waals surface area contributed by atoms with Crippen LogP contribution in [0.1, 0.15) is 17.0 Å². The summed E-state index contributed by atoms with van der Waals surface area (Å²) in [7, 11) is 0. The molecule has 1 aromatic carbocycles. The lowest BCUT2D eigenvalue weighted by Gasteiger charge is -2.07. The molecule has 0 bridgehead atoms. The van der Waals surface area contributed by atoms with Crippen molar-refractivity contribution in [3.63, 3.8) is 0 Å². The first-order chi connectivity index (χ1) is 9.15. The summed E-state index contributed by atoms with van der Waals surface area (Å²) in [5.41, 5.74) is 2.83. The first kappa shape index (κ1) is 13.8. The van der Waals surface area contributed by atoms with Gasteiger partial charge in [-0.2, -0.15) is 0 Å². The Balaban J connectivity index is 1.80. The lowest BCUT2D eigenvalue weighted by Crippen LogP contribution is -2.17. The fourth-order valence-electron chi connectivity index (χ4n) is 1.82. The molecule has 1 aromatic heterocycles. The van der Waals surface area contributed by atoms with Gasteiger partial charge in [0.25, 0.3) is 0 Å². The number of hydrogen-bond acceptors (Lipinski definition) is 3. The zero-order valence-corrected chi connectivity index (χ0v) is 11.6. The lowest BCUT2D eigenvalue weighted by atomic mass is 10.1. The number of hydrogen-bond donors (Lipinski definition) is 2. The van der Waals surface area contributed by atoms with Gasteiger partial charge < -0.3 is 10.4 Å². The number of aromatic hydroxyl groups is 1. The molecule has 0 saturated carbocycles. The maximum atomic E-state index is 9.66. The van der Waals surface area contributed by atoms with E-state index in [4.69, 9.17) is 11.6 Å². The number of rotatable bonds is 5. The van der Waals surface area contributed by atoms with E-state index in [0.29, 0.717) is 12.2 Å². The van der Waals surface area contributed by atoms with E-state index in [0.717, 1.165) is 23.7 Å². The summed E-state index contributed by atoms with van der Waals surface area (Å²) in [4.78, 5) is 4.30.